The lowest BCUT2D eigenvalue weighted by molar-refractivity contribution is 0.0794. The molecule has 3 amide bonds. The molecule has 2 N–H and O–H groups in total. The van der Waals surface area contributed by atoms with Crippen molar-refractivity contribution < 1.29 is 9.59 Å². The van der Waals surface area contributed by atoms with Crippen molar-refractivity contribution in [1.29, 1.82) is 0 Å². The average Bonchev–Trinajstić information content (AvgIpc) is 2.18. The van der Waals surface area contributed by atoms with Crippen LogP contribution in [0.2, 0.25) is 0 Å². The molecule has 0 radical (unpaired) electrons. The van der Waals surface area contributed by atoms with Crippen molar-refractivity contribution in [3.63, 3.8) is 0 Å². The number of primary amides is 1. The highest BCUT2D eigenvalue weighted by molar-refractivity contribution is 6.05. The fourth-order valence-corrected chi connectivity index (χ4v) is 1.52. The van der Waals surface area contributed by atoms with Gasteiger partial charge in [0.1, 0.15) is 0 Å². The highest BCUT2D eigenvalue weighted by atomic mass is 16.2. The van der Waals surface area contributed by atoms with Crippen molar-refractivity contribution in [2.75, 3.05) is 6.54 Å². The van der Waals surface area contributed by atoms with Crippen LogP contribution in [0.25, 0.3) is 0 Å². The quantitative estimate of drug-likeness (QED) is 0.634. The molecule has 0 saturated heterocycles. The molecule has 0 atom stereocenters. The molecule has 0 fully saturated rings. The maximum Gasteiger partial charge on any atom is 0.321 e. The summed E-state index contributed by atoms with van der Waals surface area (Å²) in [5, 5.41) is 0. The summed E-state index contributed by atoms with van der Waals surface area (Å²) < 4.78 is 0. The summed E-state index contributed by atoms with van der Waals surface area (Å²) in [7, 11) is 0. The fraction of sp³-hybridized carbons (Fsp3) is 0.222. The first-order chi connectivity index (χ1) is 6.70. The third-order valence-electron chi connectivity index (χ3n) is 2.26. The second kappa shape index (κ2) is 3.10. The van der Waals surface area contributed by atoms with Gasteiger partial charge in [-0.1, -0.05) is 0 Å². The van der Waals surface area contributed by atoms with Crippen molar-refractivity contribution >= 4 is 11.9 Å². The number of nitrogens with zero attached hydrogens (tertiary/aromatic N) is 2. The number of rotatable bonds is 0. The summed E-state index contributed by atoms with van der Waals surface area (Å²) in [6, 6.07) is 1.08. The molecule has 72 valence electrons. The Hall–Kier alpha value is -1.91. The van der Waals surface area contributed by atoms with Gasteiger partial charge >= 0.3 is 6.03 Å². The van der Waals surface area contributed by atoms with Gasteiger partial charge in [0.05, 0.1) is 5.56 Å². The molecule has 2 heterocycles. The summed E-state index contributed by atoms with van der Waals surface area (Å²) in [5.41, 5.74) is 6.45. The Morgan fingerprint density at radius 2 is 2.36 bits per heavy atom. The largest absolute Gasteiger partial charge is 0.351 e. The lowest BCUT2D eigenvalue weighted by atomic mass is 10.0. The smallest absolute Gasteiger partial charge is 0.321 e. The molecule has 0 bridgehead atoms. The molecule has 5 nitrogen and oxygen atoms in total. The van der Waals surface area contributed by atoms with E-state index in [-0.39, 0.29) is 5.91 Å². The first-order valence-corrected chi connectivity index (χ1v) is 4.24. The lowest BCUT2D eigenvalue weighted by Crippen LogP contribution is -2.44. The Kier molecular flexibility index (Phi) is 1.92. The normalized spacial score (nSPS) is 15.1. The van der Waals surface area contributed by atoms with E-state index in [9.17, 15) is 9.59 Å². The van der Waals surface area contributed by atoms with E-state index in [0.29, 0.717) is 18.5 Å². The number of fused-ring (bicyclic) bond motifs is 1. The first-order valence-electron chi connectivity index (χ1n) is 4.24. The molecule has 5 heteroatoms. The minimum absolute atomic E-state index is 0.352. The van der Waals surface area contributed by atoms with E-state index in [2.05, 4.69) is 4.98 Å². The topological polar surface area (TPSA) is 76.3 Å². The second-order valence-corrected chi connectivity index (χ2v) is 3.08. The molecule has 14 heavy (non-hydrogen) atoms. The van der Waals surface area contributed by atoms with E-state index in [4.69, 9.17) is 5.73 Å². The van der Waals surface area contributed by atoms with Crippen molar-refractivity contribution in [2.24, 2.45) is 5.73 Å². The number of imide groups is 1. The Morgan fingerprint density at radius 1 is 1.57 bits per heavy atom. The third kappa shape index (κ3) is 1.22. The zero-order valence-corrected chi connectivity index (χ0v) is 7.43. The molecular weight excluding hydrogens is 182 g/mol. The molecule has 0 spiro atoms. The number of amides is 3. The van der Waals surface area contributed by atoms with Gasteiger partial charge < -0.3 is 5.73 Å². The average molecular weight is 191 g/mol. The van der Waals surface area contributed by atoms with Gasteiger partial charge in [-0.25, -0.2) is 4.79 Å². The Bertz CT molecular complexity index is 403. The zero-order valence-electron chi connectivity index (χ0n) is 7.43. The molecule has 0 aromatic carbocycles. The van der Waals surface area contributed by atoms with Crippen LogP contribution in [0.5, 0.6) is 0 Å². The van der Waals surface area contributed by atoms with Crippen LogP contribution in [0.15, 0.2) is 18.5 Å². The predicted molar refractivity (Wildman–Crippen MR) is 48.6 cm³/mol. The highest BCUT2D eigenvalue weighted by Gasteiger charge is 2.27. The van der Waals surface area contributed by atoms with Crippen LogP contribution in [0.3, 0.4) is 0 Å². The number of hydrogen-bond acceptors (Lipinski definition) is 3. The fourth-order valence-electron chi connectivity index (χ4n) is 1.52. The van der Waals surface area contributed by atoms with E-state index < -0.39 is 6.03 Å². The van der Waals surface area contributed by atoms with Crippen LogP contribution in [-0.2, 0) is 6.42 Å². The van der Waals surface area contributed by atoms with Crippen molar-refractivity contribution in [3.05, 3.63) is 29.6 Å². The minimum atomic E-state index is -0.704. The Morgan fingerprint density at radius 3 is 3.07 bits per heavy atom. The van der Waals surface area contributed by atoms with Crippen LogP contribution in [0.1, 0.15) is 15.9 Å². The maximum absolute atomic E-state index is 11.6. The highest BCUT2D eigenvalue weighted by Crippen LogP contribution is 2.16. The molecule has 1 aromatic heterocycles. The summed E-state index contributed by atoms with van der Waals surface area (Å²) in [6.45, 7) is 0.352. The van der Waals surface area contributed by atoms with Gasteiger partial charge in [-0.15, -0.1) is 0 Å². The van der Waals surface area contributed by atoms with Gasteiger partial charge in [0, 0.05) is 18.9 Å². The number of carbonyl (C=O) groups is 2. The summed E-state index contributed by atoms with van der Waals surface area (Å²) in [5.74, 6) is -0.355. The SMILES string of the molecule is NC(=O)N1CCc2ccncc2C1=O. The number of pyridine rings is 1. The third-order valence-corrected chi connectivity index (χ3v) is 2.26. The number of hydrogen-bond donors (Lipinski definition) is 1. The van der Waals surface area contributed by atoms with Crippen molar-refractivity contribution in [3.8, 4) is 0 Å². The Balaban J connectivity index is 2.41. The van der Waals surface area contributed by atoms with Crippen LogP contribution < -0.4 is 5.73 Å². The maximum atomic E-state index is 11.6. The van der Waals surface area contributed by atoms with Gasteiger partial charge in [-0.05, 0) is 18.1 Å². The molecule has 0 aliphatic carbocycles. The molecule has 1 aromatic rings. The summed E-state index contributed by atoms with van der Waals surface area (Å²) in [4.78, 5) is 27.4. The molecule has 1 aliphatic rings. The van der Waals surface area contributed by atoms with Crippen LogP contribution in [0.4, 0.5) is 4.79 Å². The molecular formula is C9H9N3O2. The van der Waals surface area contributed by atoms with Gasteiger partial charge in [-0.3, -0.25) is 14.7 Å². The van der Waals surface area contributed by atoms with E-state index in [1.807, 2.05) is 0 Å². The van der Waals surface area contributed by atoms with Crippen molar-refractivity contribution in [1.82, 2.24) is 9.88 Å². The zero-order chi connectivity index (χ0) is 10.1. The lowest BCUT2D eigenvalue weighted by Gasteiger charge is -2.24. The van der Waals surface area contributed by atoms with E-state index >= 15 is 0 Å². The molecule has 0 unspecified atom stereocenters. The number of nitrogens with two attached hydrogens (primary N) is 1. The molecule has 1 aliphatic heterocycles. The van der Waals surface area contributed by atoms with Gasteiger partial charge in [0.15, 0.2) is 0 Å². The van der Waals surface area contributed by atoms with Crippen LogP contribution in [-0.4, -0.2) is 28.4 Å². The number of aromatic nitrogens is 1. The van der Waals surface area contributed by atoms with Gasteiger partial charge in [0.25, 0.3) is 5.91 Å². The van der Waals surface area contributed by atoms with Gasteiger partial charge in [0.2, 0.25) is 0 Å². The van der Waals surface area contributed by atoms with E-state index in [1.54, 1.807) is 12.3 Å². The molecule has 2 rings (SSSR count). The Labute approximate surface area is 80.5 Å². The van der Waals surface area contributed by atoms with Crippen molar-refractivity contribution in [2.45, 2.75) is 6.42 Å². The monoisotopic (exact) mass is 191 g/mol. The summed E-state index contributed by atoms with van der Waals surface area (Å²) >= 11 is 0. The number of urea groups is 1. The van der Waals surface area contributed by atoms with Crippen LogP contribution in [0, 0.1) is 0 Å². The predicted octanol–water partition coefficient (Wildman–Crippen LogP) is 0.159. The van der Waals surface area contributed by atoms with Crippen LogP contribution >= 0.6 is 0 Å². The standard InChI is InChI=1S/C9H9N3O2/c10-9(14)12-4-2-6-1-3-11-5-7(6)8(12)13/h1,3,5H,2,4H2,(H2,10,14). The molecule has 0 saturated carbocycles. The first kappa shape index (κ1) is 8.68. The van der Waals surface area contributed by atoms with Gasteiger partial charge in [-0.2, -0.15) is 0 Å². The van der Waals surface area contributed by atoms with E-state index in [0.717, 1.165) is 10.5 Å². The minimum Gasteiger partial charge on any atom is -0.351 e. The van der Waals surface area contributed by atoms with E-state index in [1.165, 1.54) is 6.20 Å². The summed E-state index contributed by atoms with van der Waals surface area (Å²) in [6.07, 6.45) is 3.74. The number of carbonyl (C=O) groups excluding carboxylic acids is 2. The second-order valence-electron chi connectivity index (χ2n) is 3.08.